The maximum absolute atomic E-state index is 11.9. The molecule has 10 N–H and O–H groups in total. The molecule has 24 rings (SSSR count). The molecule has 0 aliphatic heterocycles. The summed E-state index contributed by atoms with van der Waals surface area (Å²) in [6.07, 6.45) is 8.06. The number of primary amides is 2. The number of H-pyrrole nitrogens is 2. The van der Waals surface area contributed by atoms with Crippen LogP contribution < -0.4 is 11.5 Å². The molecule has 0 aliphatic rings. The van der Waals surface area contributed by atoms with Crippen molar-refractivity contribution in [1.82, 2.24) is 63.6 Å². The summed E-state index contributed by atoms with van der Waals surface area (Å²) in [5.41, 5.74) is 48.1. The molecule has 18 aromatic carbocycles. The number of rotatable bonds is 18. The van der Waals surface area contributed by atoms with Gasteiger partial charge in [-0.15, -0.1) is 0 Å². The van der Waals surface area contributed by atoms with E-state index in [0.717, 1.165) is 133 Å². The van der Waals surface area contributed by atoms with E-state index < -0.39 is 35.7 Å². The van der Waals surface area contributed by atoms with Crippen LogP contribution in [-0.4, -0.2) is 120 Å². The van der Waals surface area contributed by atoms with Gasteiger partial charge in [-0.05, 0) is 231 Å². The third-order valence-electron chi connectivity index (χ3n) is 26.2. The molecule has 0 aliphatic carbocycles. The van der Waals surface area contributed by atoms with Crippen molar-refractivity contribution in [2.45, 2.75) is 13.8 Å². The number of imidazole rings is 5. The monoisotopic (exact) mass is 1970 g/mol. The molecule has 150 heavy (non-hydrogen) atoms. The maximum atomic E-state index is 11.9. The molecular weight excluding hydrogens is 1870 g/mol. The third kappa shape index (κ3) is 21.4. The summed E-state index contributed by atoms with van der Waals surface area (Å²) in [4.78, 5) is 98.7. The summed E-state index contributed by atoms with van der Waals surface area (Å²) in [6, 6.07) is 128. The zero-order valence-corrected chi connectivity index (χ0v) is 82.1. The Morgan fingerprint density at radius 1 is 0.233 bits per heavy atom. The number of amides is 2. The predicted octanol–water partition coefficient (Wildman–Crippen LogP) is 26.4. The highest BCUT2D eigenvalue weighted by molar-refractivity contribution is 6.10. The number of aryl methyl sites for hydroxylation is 6. The summed E-state index contributed by atoms with van der Waals surface area (Å²) in [5.74, 6) is -4.80. The minimum atomic E-state index is -1.01. The van der Waals surface area contributed by atoms with Crippen molar-refractivity contribution in [2.24, 2.45) is 39.7 Å². The van der Waals surface area contributed by atoms with Gasteiger partial charge in [-0.1, -0.05) is 315 Å². The molecule has 6 heterocycles. The SMILES string of the molecule is Cc1ccccc1-c1ccc(-c2cc(C(=O)O)c3c(c2)ncn3C)cc1.Cc1ccccc1-c1ccc(-c2cc(C(N)=O)c3c(c2)ncn3C)cc1.Cn1cnc2cc(-c3ccc(-c4ccccc4)cc3)cc(C(=O)O)c21.Cn1nc2cc(-c3ccc(-c4ccccc4)cc3)cc(C(=O)O)c2n1.NC(=O)c1cc(-c2ccc(-c3ccccc3)cc2)cc2[nH]cnc12.O=C(O)c1cc(-c2ccc(-c3ccccc3)cc2)cc2[nH]cnc12. The average molecular weight is 1970 g/mol. The second-order valence-corrected chi connectivity index (χ2v) is 36.0. The number of fused-ring (bicyclic) bond motifs is 6. The molecule has 0 saturated heterocycles. The van der Waals surface area contributed by atoms with Crippen LogP contribution >= 0.6 is 0 Å². The molecule has 2 amide bonds. The van der Waals surface area contributed by atoms with E-state index >= 15 is 0 Å². The molecule has 732 valence electrons. The van der Waals surface area contributed by atoms with Crippen LogP contribution in [0.3, 0.4) is 0 Å². The molecule has 0 unspecified atom stereocenters. The topological polar surface area (TPSA) is 377 Å². The van der Waals surface area contributed by atoms with Crippen LogP contribution in [0.1, 0.15) is 73.3 Å². The van der Waals surface area contributed by atoms with Crippen LogP contribution in [0.25, 0.3) is 200 Å². The highest BCUT2D eigenvalue weighted by Gasteiger charge is 2.23. The van der Waals surface area contributed by atoms with Crippen molar-refractivity contribution in [3.8, 4) is 134 Å². The van der Waals surface area contributed by atoms with Gasteiger partial charge in [-0.2, -0.15) is 15.0 Å². The molecule has 25 nitrogen and oxygen atoms in total. The highest BCUT2D eigenvalue weighted by Crippen LogP contribution is 2.39. The minimum Gasteiger partial charge on any atom is -0.478 e. The summed E-state index contributed by atoms with van der Waals surface area (Å²) in [7, 11) is 7.15. The van der Waals surface area contributed by atoms with Gasteiger partial charge in [0.25, 0.3) is 11.8 Å². The van der Waals surface area contributed by atoms with Gasteiger partial charge in [0, 0.05) is 28.2 Å². The van der Waals surface area contributed by atoms with Gasteiger partial charge in [-0.3, -0.25) is 9.59 Å². The highest BCUT2D eigenvalue weighted by atomic mass is 16.4. The zero-order chi connectivity index (χ0) is 104. The number of carbonyl (C=O) groups is 6. The summed E-state index contributed by atoms with van der Waals surface area (Å²) < 4.78 is 5.30. The van der Waals surface area contributed by atoms with Gasteiger partial charge in [0.05, 0.1) is 109 Å². The Kier molecular flexibility index (Phi) is 28.4. The molecular formula is C125H97N15O10. The van der Waals surface area contributed by atoms with Crippen LogP contribution in [0.4, 0.5) is 0 Å². The number of benzene rings is 18. The van der Waals surface area contributed by atoms with E-state index in [4.69, 9.17) is 11.5 Å². The number of aromatic amines is 2. The number of nitrogens with zero attached hydrogens (tertiary/aromatic N) is 11. The van der Waals surface area contributed by atoms with Crippen LogP contribution in [0.5, 0.6) is 0 Å². The van der Waals surface area contributed by atoms with Gasteiger partial charge in [0.2, 0.25) is 0 Å². The molecule has 6 aromatic heterocycles. The number of hydrogen-bond acceptors (Lipinski definition) is 13. The zero-order valence-electron chi connectivity index (χ0n) is 82.1. The third-order valence-corrected chi connectivity index (χ3v) is 26.2. The number of aromatic carboxylic acids is 4. The lowest BCUT2D eigenvalue weighted by Gasteiger charge is -2.09. The number of nitrogens with two attached hydrogens (primary N) is 2. The Hall–Kier alpha value is -20.5. The lowest BCUT2D eigenvalue weighted by atomic mass is 9.96. The van der Waals surface area contributed by atoms with Gasteiger partial charge in [0.15, 0.2) is 0 Å². The van der Waals surface area contributed by atoms with Crippen molar-refractivity contribution in [2.75, 3.05) is 0 Å². The second-order valence-electron chi connectivity index (χ2n) is 36.0. The van der Waals surface area contributed by atoms with Crippen molar-refractivity contribution < 1.29 is 49.2 Å². The normalized spacial score (nSPS) is 10.9. The predicted molar refractivity (Wildman–Crippen MR) is 592 cm³/mol. The van der Waals surface area contributed by atoms with Gasteiger partial charge < -0.3 is 55.6 Å². The molecule has 25 heteroatoms. The first-order chi connectivity index (χ1) is 72.8. The van der Waals surface area contributed by atoms with E-state index in [1.165, 1.54) is 44.5 Å². The first kappa shape index (κ1) is 98.3. The molecule has 0 bridgehead atoms. The van der Waals surface area contributed by atoms with Crippen molar-refractivity contribution in [3.63, 3.8) is 0 Å². The standard InChI is InChI=1S/C22H19N3O.C22H18N2O2.C21H16N2O2.C20H15N3O2.C20H15N3O.C20H14N2O2/c1-14-5-3-4-6-18(14)16-9-7-15(8-10-16)17-11-19(22(23)26)21-20(12-17)24-13-25(21)2;1-14-5-3-4-6-18(14)16-9-7-15(8-10-16)17-11-19(22(25)26)21-20(12-17)23-13-24(21)2;1-23-13-22-19-12-17(11-18(20(19)23)21(24)25)16-9-7-15(8-10-16)14-5-3-2-4-6-14;1-23-21-18-12-16(11-17(20(24)25)19(18)22-23)15-9-7-14(8-10-15)13-5-3-2-4-6-13;21-20(24)17-10-16(11-18-19(17)23-12-22-18)15-8-6-14(7-9-15)13-4-2-1-3-5-13;23-20(24)17-10-16(11-18-19(17)22-12-21-18)15-8-6-14(7-9-15)13-4-2-1-3-5-13/h3-13H,1-2H3,(H2,23,26);3-13H,1-2H3,(H,25,26);2-13H,1H3,(H,24,25);2-12H,1H3,(H,24,25);1-12H,(H2,21,24)(H,22,23);1-12H,(H,21,22)(H,23,24). The fourth-order valence-corrected chi connectivity index (χ4v) is 18.6. The quantitative estimate of drug-likeness (QED) is 0.0395. The number of carboxylic acid groups (broad SMARTS) is 4. The van der Waals surface area contributed by atoms with Crippen LogP contribution in [0.15, 0.2) is 420 Å². The average Bonchev–Trinajstić information content (AvgIpc) is 1.63. The molecule has 0 saturated carbocycles. The van der Waals surface area contributed by atoms with E-state index in [9.17, 15) is 49.2 Å². The fraction of sp³-hybridized carbons (Fsp3) is 0.0480. The minimum absolute atomic E-state index is 0.160. The summed E-state index contributed by atoms with van der Waals surface area (Å²) in [5, 5.41) is 46.4. The smallest absolute Gasteiger partial charge is 0.338 e. The maximum Gasteiger partial charge on any atom is 0.338 e. The fourth-order valence-electron chi connectivity index (χ4n) is 18.6. The van der Waals surface area contributed by atoms with Crippen LogP contribution in [-0.2, 0) is 28.2 Å². The number of nitrogens with one attached hydrogen (secondary N) is 2. The molecule has 24 aromatic rings. The van der Waals surface area contributed by atoms with E-state index in [2.05, 4.69) is 180 Å². The molecule has 0 spiro atoms. The largest absolute Gasteiger partial charge is 0.478 e. The Labute approximate surface area is 860 Å². The second kappa shape index (κ2) is 43.4. The van der Waals surface area contributed by atoms with Crippen LogP contribution in [0, 0.1) is 13.8 Å². The van der Waals surface area contributed by atoms with E-state index in [1.807, 2.05) is 248 Å². The molecule has 0 radical (unpaired) electrons. The van der Waals surface area contributed by atoms with Crippen molar-refractivity contribution >= 4 is 102 Å². The Bertz CT molecular complexity index is 8720. The Balaban J connectivity index is 0.000000113. The van der Waals surface area contributed by atoms with Gasteiger partial charge in [-0.25, -0.2) is 44.1 Å². The van der Waals surface area contributed by atoms with Crippen molar-refractivity contribution in [3.05, 3.63) is 464 Å². The van der Waals surface area contributed by atoms with Gasteiger partial charge in [0.1, 0.15) is 22.1 Å². The van der Waals surface area contributed by atoms with Crippen molar-refractivity contribution in [1.29, 1.82) is 0 Å². The summed E-state index contributed by atoms with van der Waals surface area (Å²) in [6.45, 7) is 4.20. The molecule has 0 atom stereocenters. The Morgan fingerprint density at radius 2 is 0.467 bits per heavy atom. The first-order valence-electron chi connectivity index (χ1n) is 47.9. The van der Waals surface area contributed by atoms with E-state index in [0.29, 0.717) is 55.3 Å². The van der Waals surface area contributed by atoms with E-state index in [1.54, 1.807) is 85.9 Å². The number of carbonyl (C=O) groups excluding carboxylic acids is 2. The first-order valence-corrected chi connectivity index (χ1v) is 47.9. The Morgan fingerprint density at radius 3 is 0.767 bits per heavy atom. The molecule has 0 fully saturated rings. The number of aromatic nitrogens is 13. The van der Waals surface area contributed by atoms with Crippen LogP contribution in [0.2, 0.25) is 0 Å². The lowest BCUT2D eigenvalue weighted by molar-refractivity contribution is 0.0687. The van der Waals surface area contributed by atoms with Gasteiger partial charge >= 0.3 is 23.9 Å². The number of hydrogen-bond donors (Lipinski definition) is 8. The summed E-state index contributed by atoms with van der Waals surface area (Å²) >= 11 is 0. The number of carboxylic acids is 4. The lowest BCUT2D eigenvalue weighted by Crippen LogP contribution is -2.12. The van der Waals surface area contributed by atoms with E-state index in [-0.39, 0.29) is 22.3 Å².